The lowest BCUT2D eigenvalue weighted by atomic mass is 9.96. The molecule has 0 spiro atoms. The Morgan fingerprint density at radius 1 is 1.07 bits per heavy atom. The summed E-state index contributed by atoms with van der Waals surface area (Å²) in [7, 11) is -3.01. The van der Waals surface area contributed by atoms with Gasteiger partial charge >= 0.3 is 12.3 Å². The maximum atomic E-state index is 13.1. The van der Waals surface area contributed by atoms with Crippen molar-refractivity contribution in [2.24, 2.45) is 0 Å². The molecule has 2 aromatic rings. The van der Waals surface area contributed by atoms with Crippen molar-refractivity contribution in [2.75, 3.05) is 7.11 Å². The fraction of sp³-hybridized carbons (Fsp3) is 0.278. The number of methoxy groups -OCH3 is 1. The van der Waals surface area contributed by atoms with Crippen LogP contribution in [-0.4, -0.2) is 38.2 Å². The summed E-state index contributed by atoms with van der Waals surface area (Å²) in [6.07, 6.45) is -4.75. The molecule has 0 saturated carbocycles. The van der Waals surface area contributed by atoms with Gasteiger partial charge in [0.25, 0.3) is 0 Å². The standard InChI is InChI=1S/C18H16F3NO5S/c1-26-17(23)16-10-12-4-2-3-5-13(12)11-22(16)28(24,25)15-8-6-14(7-9-15)27-18(19,20)21/h2-9,16H,10-11H2,1H3/t16-/m0/s1. The second kappa shape index (κ2) is 7.44. The zero-order chi connectivity index (χ0) is 20.5. The Kier molecular flexibility index (Phi) is 5.35. The molecular formula is C18H16F3NO5S. The topological polar surface area (TPSA) is 72.9 Å². The van der Waals surface area contributed by atoms with Crippen molar-refractivity contribution in [3.05, 3.63) is 59.7 Å². The van der Waals surface area contributed by atoms with Gasteiger partial charge in [0.05, 0.1) is 12.0 Å². The van der Waals surface area contributed by atoms with Crippen LogP contribution in [0.15, 0.2) is 53.4 Å². The maximum Gasteiger partial charge on any atom is 0.573 e. The van der Waals surface area contributed by atoms with Crippen LogP contribution in [0.25, 0.3) is 0 Å². The van der Waals surface area contributed by atoms with E-state index in [-0.39, 0.29) is 17.9 Å². The number of rotatable bonds is 4. The molecule has 0 N–H and O–H groups in total. The Labute approximate surface area is 159 Å². The van der Waals surface area contributed by atoms with Crippen molar-refractivity contribution in [1.29, 1.82) is 0 Å². The zero-order valence-corrected chi connectivity index (χ0v) is 15.5. The van der Waals surface area contributed by atoms with Crippen LogP contribution in [0.2, 0.25) is 0 Å². The van der Waals surface area contributed by atoms with Crippen LogP contribution in [0.5, 0.6) is 5.75 Å². The van der Waals surface area contributed by atoms with Crippen LogP contribution in [0.4, 0.5) is 13.2 Å². The number of sulfonamides is 1. The number of hydrogen-bond acceptors (Lipinski definition) is 5. The molecule has 1 atom stereocenters. The number of carbonyl (C=O) groups excluding carboxylic acids is 1. The molecule has 1 aliphatic heterocycles. The van der Waals surface area contributed by atoms with Crippen molar-refractivity contribution in [3.63, 3.8) is 0 Å². The van der Waals surface area contributed by atoms with E-state index >= 15 is 0 Å². The van der Waals surface area contributed by atoms with E-state index in [2.05, 4.69) is 4.74 Å². The van der Waals surface area contributed by atoms with Crippen LogP contribution < -0.4 is 4.74 Å². The summed E-state index contributed by atoms with van der Waals surface area (Å²) >= 11 is 0. The highest BCUT2D eigenvalue weighted by Gasteiger charge is 2.40. The highest BCUT2D eigenvalue weighted by molar-refractivity contribution is 7.89. The average molecular weight is 415 g/mol. The zero-order valence-electron chi connectivity index (χ0n) is 14.6. The number of nitrogens with zero attached hydrogens (tertiary/aromatic N) is 1. The SMILES string of the molecule is COC(=O)[C@@H]1Cc2ccccc2CN1S(=O)(=O)c1ccc(OC(F)(F)F)cc1. The first kappa shape index (κ1) is 20.2. The van der Waals surface area contributed by atoms with Crippen molar-refractivity contribution in [2.45, 2.75) is 30.3 Å². The highest BCUT2D eigenvalue weighted by atomic mass is 32.2. The minimum Gasteiger partial charge on any atom is -0.468 e. The molecule has 0 unspecified atom stereocenters. The first-order valence-electron chi connectivity index (χ1n) is 8.14. The summed E-state index contributed by atoms with van der Waals surface area (Å²) in [6.45, 7) is -0.0565. The molecule has 1 aliphatic rings. The first-order chi connectivity index (χ1) is 13.1. The van der Waals surface area contributed by atoms with Crippen LogP contribution >= 0.6 is 0 Å². The van der Waals surface area contributed by atoms with Gasteiger partial charge in [0.1, 0.15) is 11.8 Å². The number of benzene rings is 2. The quantitative estimate of drug-likeness (QED) is 0.718. The van der Waals surface area contributed by atoms with Gasteiger partial charge in [0.15, 0.2) is 0 Å². The van der Waals surface area contributed by atoms with E-state index in [0.717, 1.165) is 46.8 Å². The molecule has 150 valence electrons. The summed E-state index contributed by atoms with van der Waals surface area (Å²) < 4.78 is 72.5. The number of hydrogen-bond donors (Lipinski definition) is 0. The summed E-state index contributed by atoms with van der Waals surface area (Å²) in [4.78, 5) is 11.9. The van der Waals surface area contributed by atoms with E-state index in [1.54, 1.807) is 24.3 Å². The summed E-state index contributed by atoms with van der Waals surface area (Å²) in [5.41, 5.74) is 1.57. The smallest absolute Gasteiger partial charge is 0.468 e. The van der Waals surface area contributed by atoms with E-state index in [9.17, 15) is 26.4 Å². The number of halogens is 3. The monoisotopic (exact) mass is 415 g/mol. The van der Waals surface area contributed by atoms with Gasteiger partial charge in [-0.1, -0.05) is 24.3 Å². The number of esters is 1. The van der Waals surface area contributed by atoms with Crippen molar-refractivity contribution in [3.8, 4) is 5.75 Å². The Hall–Kier alpha value is -2.59. The van der Waals surface area contributed by atoms with Crippen LogP contribution in [0.1, 0.15) is 11.1 Å². The molecule has 28 heavy (non-hydrogen) atoms. The number of fused-ring (bicyclic) bond motifs is 1. The molecule has 6 nitrogen and oxygen atoms in total. The van der Waals surface area contributed by atoms with Gasteiger partial charge in [-0.2, -0.15) is 4.31 Å². The molecule has 1 heterocycles. The van der Waals surface area contributed by atoms with E-state index in [1.807, 2.05) is 0 Å². The van der Waals surface area contributed by atoms with Gasteiger partial charge in [-0.15, -0.1) is 13.2 Å². The third-order valence-corrected chi connectivity index (χ3v) is 6.21. The molecular weight excluding hydrogens is 399 g/mol. The third kappa shape index (κ3) is 4.12. The normalized spacial score (nSPS) is 17.6. The van der Waals surface area contributed by atoms with Crippen LogP contribution in [0, 0.1) is 0 Å². The molecule has 0 amide bonds. The first-order valence-corrected chi connectivity index (χ1v) is 9.58. The van der Waals surface area contributed by atoms with E-state index < -0.39 is 34.1 Å². The Morgan fingerprint density at radius 2 is 1.68 bits per heavy atom. The molecule has 2 aromatic carbocycles. The molecule has 10 heteroatoms. The van der Waals surface area contributed by atoms with E-state index in [1.165, 1.54) is 0 Å². The molecule has 0 radical (unpaired) electrons. The van der Waals surface area contributed by atoms with Gasteiger partial charge in [-0.05, 0) is 35.4 Å². The largest absolute Gasteiger partial charge is 0.573 e. The molecule has 0 aromatic heterocycles. The predicted molar refractivity (Wildman–Crippen MR) is 91.8 cm³/mol. The van der Waals surface area contributed by atoms with Gasteiger partial charge in [0, 0.05) is 13.0 Å². The number of carbonyl (C=O) groups is 1. The van der Waals surface area contributed by atoms with Gasteiger partial charge < -0.3 is 9.47 Å². The van der Waals surface area contributed by atoms with Crippen LogP contribution in [0.3, 0.4) is 0 Å². The van der Waals surface area contributed by atoms with Crippen LogP contribution in [-0.2, 0) is 32.5 Å². The molecule has 3 rings (SSSR count). The summed E-state index contributed by atoms with van der Waals surface area (Å²) in [5.74, 6) is -1.25. The lowest BCUT2D eigenvalue weighted by molar-refractivity contribution is -0.274. The highest BCUT2D eigenvalue weighted by Crippen LogP contribution is 2.31. The van der Waals surface area contributed by atoms with Gasteiger partial charge in [-0.25, -0.2) is 8.42 Å². The third-order valence-electron chi connectivity index (χ3n) is 4.34. The summed E-state index contributed by atoms with van der Waals surface area (Å²) in [6, 6.07) is 9.86. The minimum atomic E-state index is -4.88. The predicted octanol–water partition coefficient (Wildman–Crippen LogP) is 2.87. The van der Waals surface area contributed by atoms with E-state index in [4.69, 9.17) is 4.74 Å². The Morgan fingerprint density at radius 3 is 2.25 bits per heavy atom. The molecule has 0 aliphatic carbocycles. The van der Waals surface area contributed by atoms with Crippen molar-refractivity contribution in [1.82, 2.24) is 4.31 Å². The minimum absolute atomic E-state index is 0.0565. The summed E-state index contributed by atoms with van der Waals surface area (Å²) in [5, 5.41) is 0. The molecule has 0 bridgehead atoms. The molecule has 0 fully saturated rings. The van der Waals surface area contributed by atoms with E-state index in [0.29, 0.717) is 0 Å². The number of ether oxygens (including phenoxy) is 2. The average Bonchev–Trinajstić information content (AvgIpc) is 2.65. The number of alkyl halides is 3. The fourth-order valence-corrected chi connectivity index (χ4v) is 4.59. The maximum absolute atomic E-state index is 13.1. The van der Waals surface area contributed by atoms with Crippen molar-refractivity contribution >= 4 is 16.0 Å². The fourth-order valence-electron chi connectivity index (χ4n) is 3.04. The lowest BCUT2D eigenvalue weighted by Crippen LogP contribution is -2.48. The Bertz CT molecular complexity index is 973. The van der Waals surface area contributed by atoms with Gasteiger partial charge in [-0.3, -0.25) is 4.79 Å². The lowest BCUT2D eigenvalue weighted by Gasteiger charge is -2.34. The molecule has 0 saturated heterocycles. The second-order valence-electron chi connectivity index (χ2n) is 6.08. The van der Waals surface area contributed by atoms with Crippen molar-refractivity contribution < 1.29 is 35.9 Å². The van der Waals surface area contributed by atoms with Gasteiger partial charge in [0.2, 0.25) is 10.0 Å². The second-order valence-corrected chi connectivity index (χ2v) is 7.97. The Balaban J connectivity index is 1.95.